The Bertz CT molecular complexity index is 404. The molecule has 0 bridgehead atoms. The molecule has 4 nitrogen and oxygen atoms in total. The van der Waals surface area contributed by atoms with Gasteiger partial charge in [-0.15, -0.1) is 11.6 Å². The second-order valence-electron chi connectivity index (χ2n) is 2.76. The highest BCUT2D eigenvalue weighted by Gasteiger charge is 2.01. The first-order valence-corrected chi connectivity index (χ1v) is 4.42. The standard InChI is InChI=1S/C8H9ClN4/c1-12-6-8(5-10-12)13-3-2-7(4-9)11-13/h2-3,5-6H,4H2,1H3. The summed E-state index contributed by atoms with van der Waals surface area (Å²) in [5.74, 6) is 0.438. The summed E-state index contributed by atoms with van der Waals surface area (Å²) >= 11 is 5.64. The number of nitrogens with zero attached hydrogens (tertiary/aromatic N) is 4. The van der Waals surface area contributed by atoms with Gasteiger partial charge in [-0.25, -0.2) is 4.68 Å². The molecule has 0 N–H and O–H groups in total. The van der Waals surface area contributed by atoms with Gasteiger partial charge in [0.25, 0.3) is 0 Å². The molecule has 0 fully saturated rings. The van der Waals surface area contributed by atoms with Gasteiger partial charge in [-0.3, -0.25) is 4.68 Å². The molecule has 0 atom stereocenters. The summed E-state index contributed by atoms with van der Waals surface area (Å²) < 4.78 is 3.49. The van der Waals surface area contributed by atoms with Crippen LogP contribution in [0.15, 0.2) is 24.7 Å². The number of alkyl halides is 1. The topological polar surface area (TPSA) is 35.6 Å². The molecule has 0 radical (unpaired) electrons. The van der Waals surface area contributed by atoms with E-state index in [-0.39, 0.29) is 0 Å². The lowest BCUT2D eigenvalue weighted by atomic mass is 10.5. The van der Waals surface area contributed by atoms with Gasteiger partial charge in [0, 0.05) is 13.2 Å². The second kappa shape index (κ2) is 3.22. The maximum absolute atomic E-state index is 5.64. The summed E-state index contributed by atoms with van der Waals surface area (Å²) in [5, 5.41) is 8.29. The van der Waals surface area contributed by atoms with Crippen LogP contribution in [0.3, 0.4) is 0 Å². The summed E-state index contributed by atoms with van der Waals surface area (Å²) in [6, 6.07) is 1.89. The van der Waals surface area contributed by atoms with Gasteiger partial charge in [-0.05, 0) is 6.07 Å². The third-order valence-electron chi connectivity index (χ3n) is 1.74. The molecular weight excluding hydrogens is 188 g/mol. The number of aromatic nitrogens is 4. The zero-order chi connectivity index (χ0) is 9.26. The van der Waals surface area contributed by atoms with Gasteiger partial charge in [-0.2, -0.15) is 10.2 Å². The Labute approximate surface area is 80.7 Å². The van der Waals surface area contributed by atoms with Gasteiger partial charge < -0.3 is 0 Å². The monoisotopic (exact) mass is 196 g/mol. The first-order chi connectivity index (χ1) is 6.29. The predicted molar refractivity (Wildman–Crippen MR) is 49.9 cm³/mol. The lowest BCUT2D eigenvalue weighted by Gasteiger charge is -1.93. The van der Waals surface area contributed by atoms with Crippen molar-refractivity contribution >= 4 is 11.6 Å². The molecule has 0 aliphatic carbocycles. The Hall–Kier alpha value is -1.29. The van der Waals surface area contributed by atoms with Gasteiger partial charge >= 0.3 is 0 Å². The summed E-state index contributed by atoms with van der Waals surface area (Å²) in [6.07, 6.45) is 5.52. The molecule has 0 aromatic carbocycles. The van der Waals surface area contributed by atoms with E-state index in [9.17, 15) is 0 Å². The lowest BCUT2D eigenvalue weighted by Crippen LogP contribution is -1.93. The minimum Gasteiger partial charge on any atom is -0.274 e. The maximum atomic E-state index is 5.64. The molecule has 2 heterocycles. The molecule has 2 rings (SSSR count). The predicted octanol–water partition coefficient (Wildman–Crippen LogP) is 1.34. The van der Waals surface area contributed by atoms with E-state index < -0.39 is 0 Å². The van der Waals surface area contributed by atoms with Crippen LogP contribution in [0.5, 0.6) is 0 Å². The van der Waals surface area contributed by atoms with Crippen LogP contribution < -0.4 is 0 Å². The van der Waals surface area contributed by atoms with Crippen molar-refractivity contribution < 1.29 is 0 Å². The van der Waals surface area contributed by atoms with Crippen LogP contribution in [0.4, 0.5) is 0 Å². The Balaban J connectivity index is 2.35. The van der Waals surface area contributed by atoms with E-state index in [2.05, 4.69) is 10.2 Å². The number of rotatable bonds is 2. The molecule has 0 aliphatic heterocycles. The number of aryl methyl sites for hydroxylation is 1. The zero-order valence-electron chi connectivity index (χ0n) is 7.18. The zero-order valence-corrected chi connectivity index (χ0v) is 7.94. The van der Waals surface area contributed by atoms with E-state index >= 15 is 0 Å². The van der Waals surface area contributed by atoms with Crippen molar-refractivity contribution in [3.8, 4) is 5.69 Å². The third-order valence-corrected chi connectivity index (χ3v) is 2.01. The second-order valence-corrected chi connectivity index (χ2v) is 3.02. The van der Waals surface area contributed by atoms with E-state index in [0.717, 1.165) is 11.4 Å². The molecule has 13 heavy (non-hydrogen) atoms. The van der Waals surface area contributed by atoms with Crippen LogP contribution in [0, 0.1) is 0 Å². The normalized spacial score (nSPS) is 10.6. The van der Waals surface area contributed by atoms with Crippen LogP contribution in [0.2, 0.25) is 0 Å². The van der Waals surface area contributed by atoms with Crippen molar-refractivity contribution in [2.75, 3.05) is 0 Å². The molecule has 0 saturated carbocycles. The lowest BCUT2D eigenvalue weighted by molar-refractivity contribution is 0.765. The van der Waals surface area contributed by atoms with Gasteiger partial charge in [0.05, 0.1) is 24.0 Å². The third kappa shape index (κ3) is 1.58. The summed E-state index contributed by atoms with van der Waals surface area (Å²) in [7, 11) is 1.87. The summed E-state index contributed by atoms with van der Waals surface area (Å²) in [6.45, 7) is 0. The Kier molecular flexibility index (Phi) is 2.06. The molecular formula is C8H9ClN4. The van der Waals surface area contributed by atoms with Crippen LogP contribution in [-0.2, 0) is 12.9 Å². The highest BCUT2D eigenvalue weighted by atomic mass is 35.5. The molecule has 0 aliphatic rings. The highest BCUT2D eigenvalue weighted by Crippen LogP contribution is 2.06. The first kappa shape index (κ1) is 8.31. The van der Waals surface area contributed by atoms with Gasteiger partial charge in [0.15, 0.2) is 0 Å². The van der Waals surface area contributed by atoms with Crippen molar-refractivity contribution in [2.24, 2.45) is 7.05 Å². The smallest absolute Gasteiger partial charge is 0.102 e. The fraction of sp³-hybridized carbons (Fsp3) is 0.250. The summed E-state index contributed by atoms with van der Waals surface area (Å²) in [5.41, 5.74) is 1.81. The number of halogens is 1. The molecule has 0 amide bonds. The fourth-order valence-corrected chi connectivity index (χ4v) is 1.25. The van der Waals surface area contributed by atoms with Crippen LogP contribution in [-0.4, -0.2) is 19.6 Å². The van der Waals surface area contributed by atoms with E-state index in [1.165, 1.54) is 0 Å². The van der Waals surface area contributed by atoms with Crippen molar-refractivity contribution in [3.05, 3.63) is 30.4 Å². The first-order valence-electron chi connectivity index (χ1n) is 3.89. The molecule has 5 heteroatoms. The van der Waals surface area contributed by atoms with Crippen molar-refractivity contribution in [1.82, 2.24) is 19.6 Å². The van der Waals surface area contributed by atoms with E-state index in [1.807, 2.05) is 25.5 Å². The van der Waals surface area contributed by atoms with E-state index in [4.69, 9.17) is 11.6 Å². The molecule has 0 spiro atoms. The SMILES string of the molecule is Cn1cc(-n2ccc(CCl)n2)cn1. The number of hydrogen-bond donors (Lipinski definition) is 0. The van der Waals surface area contributed by atoms with Crippen molar-refractivity contribution in [2.45, 2.75) is 5.88 Å². The molecule has 2 aromatic rings. The summed E-state index contributed by atoms with van der Waals surface area (Å²) in [4.78, 5) is 0. The van der Waals surface area contributed by atoms with Crippen molar-refractivity contribution in [3.63, 3.8) is 0 Å². The average Bonchev–Trinajstić information content (AvgIpc) is 2.71. The van der Waals surface area contributed by atoms with E-state index in [0.29, 0.717) is 5.88 Å². The fourth-order valence-electron chi connectivity index (χ4n) is 1.10. The maximum Gasteiger partial charge on any atom is 0.102 e. The quantitative estimate of drug-likeness (QED) is 0.680. The Morgan fingerprint density at radius 2 is 2.38 bits per heavy atom. The average molecular weight is 197 g/mol. The van der Waals surface area contributed by atoms with Gasteiger partial charge in [0.2, 0.25) is 0 Å². The Morgan fingerprint density at radius 1 is 1.54 bits per heavy atom. The molecule has 2 aromatic heterocycles. The number of hydrogen-bond acceptors (Lipinski definition) is 2. The molecule has 0 unspecified atom stereocenters. The largest absolute Gasteiger partial charge is 0.274 e. The van der Waals surface area contributed by atoms with E-state index in [1.54, 1.807) is 15.6 Å². The van der Waals surface area contributed by atoms with Gasteiger partial charge in [0.1, 0.15) is 5.69 Å². The van der Waals surface area contributed by atoms with Gasteiger partial charge in [-0.1, -0.05) is 0 Å². The van der Waals surface area contributed by atoms with Crippen molar-refractivity contribution in [1.29, 1.82) is 0 Å². The Morgan fingerprint density at radius 3 is 2.92 bits per heavy atom. The molecule has 68 valence electrons. The van der Waals surface area contributed by atoms with Crippen LogP contribution >= 0.6 is 11.6 Å². The van der Waals surface area contributed by atoms with Crippen LogP contribution in [0.1, 0.15) is 5.69 Å². The minimum atomic E-state index is 0.438. The van der Waals surface area contributed by atoms with Crippen LogP contribution in [0.25, 0.3) is 5.69 Å². The minimum absolute atomic E-state index is 0.438. The highest BCUT2D eigenvalue weighted by molar-refractivity contribution is 6.16. The molecule has 0 saturated heterocycles.